The Labute approximate surface area is 79.8 Å². The van der Waals surface area contributed by atoms with Gasteiger partial charge >= 0.3 is 0 Å². The van der Waals surface area contributed by atoms with Gasteiger partial charge in [-0.15, -0.1) is 0 Å². The van der Waals surface area contributed by atoms with Crippen molar-refractivity contribution >= 4 is 0 Å². The first kappa shape index (κ1) is 11.8. The second-order valence-corrected chi connectivity index (χ2v) is 3.21. The molecule has 0 saturated carbocycles. The zero-order valence-corrected chi connectivity index (χ0v) is 7.26. The van der Waals surface area contributed by atoms with E-state index in [1.807, 2.05) is 0 Å². The number of aliphatic hydroxyl groups excluding tert-OH is 6. The zero-order valence-electron chi connectivity index (χ0n) is 7.26. The summed E-state index contributed by atoms with van der Waals surface area (Å²) >= 11 is 0. The van der Waals surface area contributed by atoms with Crippen LogP contribution in [0.5, 0.6) is 0 Å². The minimum atomic E-state index is -1.76. The van der Waals surface area contributed by atoms with Crippen LogP contribution in [0.3, 0.4) is 0 Å². The van der Waals surface area contributed by atoms with Crippen LogP contribution in [-0.4, -0.2) is 74.1 Å². The molecule has 0 bridgehead atoms. The van der Waals surface area contributed by atoms with Gasteiger partial charge in [0.25, 0.3) is 0 Å². The molecular formula is C7H14O7. The van der Waals surface area contributed by atoms with Crippen LogP contribution in [0, 0.1) is 0 Å². The molecule has 1 fully saturated rings. The Morgan fingerprint density at radius 2 is 1.29 bits per heavy atom. The molecule has 0 aromatic rings. The van der Waals surface area contributed by atoms with E-state index >= 15 is 0 Å². The largest absolute Gasteiger partial charge is 0.394 e. The van der Waals surface area contributed by atoms with E-state index in [2.05, 4.69) is 4.74 Å². The van der Waals surface area contributed by atoms with Gasteiger partial charge in [0.1, 0.15) is 30.5 Å². The lowest BCUT2D eigenvalue weighted by molar-refractivity contribution is -0.208. The number of aliphatic hydroxyl groups is 6. The molecule has 0 aromatic heterocycles. The summed E-state index contributed by atoms with van der Waals surface area (Å²) in [5.74, 6) is 0. The first-order valence-corrected chi connectivity index (χ1v) is 4.15. The summed E-state index contributed by atoms with van der Waals surface area (Å²) < 4.78 is 4.61. The Bertz CT molecular complexity index is 182. The summed E-state index contributed by atoms with van der Waals surface area (Å²) in [6.07, 6.45) is -9.70. The highest BCUT2D eigenvalue weighted by Crippen LogP contribution is 2.19. The maximum absolute atomic E-state index is 9.31. The minimum absolute atomic E-state index is 0.644. The third kappa shape index (κ3) is 2.04. The van der Waals surface area contributed by atoms with Crippen LogP contribution in [0.1, 0.15) is 0 Å². The number of hydrogen-bond acceptors (Lipinski definition) is 7. The third-order valence-corrected chi connectivity index (χ3v) is 2.22. The Hall–Kier alpha value is -0.280. The molecule has 84 valence electrons. The molecule has 1 heterocycles. The molecule has 0 spiro atoms. The van der Waals surface area contributed by atoms with Gasteiger partial charge < -0.3 is 35.4 Å². The minimum Gasteiger partial charge on any atom is -0.394 e. The van der Waals surface area contributed by atoms with Crippen molar-refractivity contribution < 1.29 is 35.4 Å². The molecule has 1 aliphatic rings. The van der Waals surface area contributed by atoms with E-state index in [1.54, 1.807) is 0 Å². The van der Waals surface area contributed by atoms with Crippen molar-refractivity contribution in [1.29, 1.82) is 0 Å². The number of ether oxygens (including phenoxy) is 1. The molecule has 1 rings (SSSR count). The van der Waals surface area contributed by atoms with Crippen molar-refractivity contribution in [2.75, 3.05) is 6.61 Å². The van der Waals surface area contributed by atoms with Crippen LogP contribution in [0.15, 0.2) is 0 Å². The van der Waals surface area contributed by atoms with Gasteiger partial charge in [0.05, 0.1) is 6.61 Å². The Kier molecular flexibility index (Phi) is 3.78. The average Bonchev–Trinajstić information content (AvgIpc) is 2.25. The predicted molar refractivity (Wildman–Crippen MR) is 42.0 cm³/mol. The van der Waals surface area contributed by atoms with Gasteiger partial charge in [-0.25, -0.2) is 0 Å². The van der Waals surface area contributed by atoms with Gasteiger partial charge in [-0.1, -0.05) is 0 Å². The summed E-state index contributed by atoms with van der Waals surface area (Å²) in [7, 11) is 0. The molecule has 7 nitrogen and oxygen atoms in total. The number of rotatable bonds is 1. The second-order valence-electron chi connectivity index (χ2n) is 3.21. The van der Waals surface area contributed by atoms with Crippen molar-refractivity contribution in [3.63, 3.8) is 0 Å². The fraction of sp³-hybridized carbons (Fsp3) is 1.00. The molecule has 1 unspecified atom stereocenters. The molecule has 6 atom stereocenters. The maximum atomic E-state index is 9.31. The van der Waals surface area contributed by atoms with E-state index in [4.69, 9.17) is 15.3 Å². The lowest BCUT2D eigenvalue weighted by Gasteiger charge is -2.23. The molecule has 0 radical (unpaired) electrons. The summed E-state index contributed by atoms with van der Waals surface area (Å²) in [4.78, 5) is 0. The highest BCUT2D eigenvalue weighted by atomic mass is 16.6. The quantitative estimate of drug-likeness (QED) is 0.261. The van der Waals surface area contributed by atoms with Crippen LogP contribution in [0.25, 0.3) is 0 Å². The average molecular weight is 210 g/mol. The van der Waals surface area contributed by atoms with Gasteiger partial charge in [0.2, 0.25) is 0 Å². The molecule has 0 amide bonds. The summed E-state index contributed by atoms with van der Waals surface area (Å²) in [6.45, 7) is -0.644. The Balaban J connectivity index is 2.81. The van der Waals surface area contributed by atoms with Crippen molar-refractivity contribution in [3.05, 3.63) is 0 Å². The molecular weight excluding hydrogens is 196 g/mol. The van der Waals surface area contributed by atoms with E-state index < -0.39 is 43.4 Å². The van der Waals surface area contributed by atoms with Crippen LogP contribution in [-0.2, 0) is 4.74 Å². The normalized spacial score (nSPS) is 50.1. The molecule has 1 aliphatic heterocycles. The van der Waals surface area contributed by atoms with E-state index in [0.29, 0.717) is 0 Å². The van der Waals surface area contributed by atoms with Gasteiger partial charge in [-0.2, -0.15) is 0 Å². The summed E-state index contributed by atoms with van der Waals surface area (Å²) in [5, 5.41) is 54.7. The SMILES string of the molecule is OC[C@@H]1OC(O)[C@H](O)[C@H](O)[C@H](O)[C@@H]1O. The van der Waals surface area contributed by atoms with Gasteiger partial charge in [0.15, 0.2) is 6.29 Å². The predicted octanol–water partition coefficient (Wildman–Crippen LogP) is -3.86. The highest BCUT2D eigenvalue weighted by molar-refractivity contribution is 4.90. The lowest BCUT2D eigenvalue weighted by Crippen LogP contribution is -2.47. The van der Waals surface area contributed by atoms with Crippen molar-refractivity contribution in [2.45, 2.75) is 36.8 Å². The molecule has 14 heavy (non-hydrogen) atoms. The van der Waals surface area contributed by atoms with Gasteiger partial charge in [0, 0.05) is 0 Å². The van der Waals surface area contributed by atoms with Gasteiger partial charge in [-0.05, 0) is 0 Å². The molecule has 0 aromatic carbocycles. The fourth-order valence-electron chi connectivity index (χ4n) is 1.28. The van der Waals surface area contributed by atoms with Crippen LogP contribution in [0.2, 0.25) is 0 Å². The van der Waals surface area contributed by atoms with Crippen LogP contribution in [0.4, 0.5) is 0 Å². The molecule has 1 saturated heterocycles. The zero-order chi connectivity index (χ0) is 10.9. The van der Waals surface area contributed by atoms with Crippen molar-refractivity contribution in [1.82, 2.24) is 0 Å². The number of hydrogen-bond donors (Lipinski definition) is 6. The summed E-state index contributed by atoms with van der Waals surface area (Å²) in [5.41, 5.74) is 0. The van der Waals surface area contributed by atoms with Crippen molar-refractivity contribution in [3.8, 4) is 0 Å². The highest BCUT2D eigenvalue weighted by Gasteiger charge is 2.43. The fourth-order valence-corrected chi connectivity index (χ4v) is 1.28. The van der Waals surface area contributed by atoms with Crippen molar-refractivity contribution in [2.24, 2.45) is 0 Å². The topological polar surface area (TPSA) is 131 Å². The monoisotopic (exact) mass is 210 g/mol. The molecule has 7 heteroatoms. The standard InChI is InChI=1S/C7H14O7/c8-1-2-3(9)4(10)5(11)6(12)7(13)14-2/h2-13H,1H2/t2-,3+,4+,5+,6+,7?/m0/s1. The Morgan fingerprint density at radius 3 is 1.79 bits per heavy atom. The third-order valence-electron chi connectivity index (χ3n) is 2.22. The van der Waals surface area contributed by atoms with E-state index in [0.717, 1.165) is 0 Å². The summed E-state index contributed by atoms with van der Waals surface area (Å²) in [6, 6.07) is 0. The van der Waals surface area contributed by atoms with E-state index in [9.17, 15) is 15.3 Å². The van der Waals surface area contributed by atoms with Crippen LogP contribution >= 0.6 is 0 Å². The molecule has 0 aliphatic carbocycles. The van der Waals surface area contributed by atoms with Gasteiger partial charge in [-0.3, -0.25) is 0 Å². The smallest absolute Gasteiger partial charge is 0.184 e. The van der Waals surface area contributed by atoms with E-state index in [-0.39, 0.29) is 0 Å². The first-order chi connectivity index (χ1) is 6.49. The Morgan fingerprint density at radius 1 is 0.786 bits per heavy atom. The van der Waals surface area contributed by atoms with E-state index in [1.165, 1.54) is 0 Å². The first-order valence-electron chi connectivity index (χ1n) is 4.15. The second kappa shape index (κ2) is 4.49. The lowest BCUT2D eigenvalue weighted by atomic mass is 10.0. The maximum Gasteiger partial charge on any atom is 0.184 e. The molecule has 6 N–H and O–H groups in total. The van der Waals surface area contributed by atoms with Crippen LogP contribution < -0.4 is 0 Å².